The van der Waals surface area contributed by atoms with Gasteiger partial charge in [-0.3, -0.25) is 0 Å². The number of anilines is 1. The zero-order chi connectivity index (χ0) is 18.5. The predicted molar refractivity (Wildman–Crippen MR) is 101 cm³/mol. The van der Waals surface area contributed by atoms with Gasteiger partial charge in [0.2, 0.25) is 0 Å². The van der Waals surface area contributed by atoms with Crippen molar-refractivity contribution in [3.8, 4) is 0 Å². The summed E-state index contributed by atoms with van der Waals surface area (Å²) >= 11 is 0. The first-order valence-electron chi connectivity index (χ1n) is 8.87. The first kappa shape index (κ1) is 18.1. The van der Waals surface area contributed by atoms with E-state index in [1.807, 2.05) is 35.8 Å². The number of esters is 1. The lowest BCUT2D eigenvalue weighted by Gasteiger charge is -2.07. The third kappa shape index (κ3) is 3.48. The largest absolute Gasteiger partial charge is 0.462 e. The number of aryl methyl sites for hydroxylation is 1. The van der Waals surface area contributed by atoms with Crippen LogP contribution in [0.4, 0.5) is 5.82 Å². The third-order valence-electron chi connectivity index (χ3n) is 4.26. The van der Waals surface area contributed by atoms with Gasteiger partial charge < -0.3 is 19.8 Å². The Morgan fingerprint density at radius 3 is 2.58 bits per heavy atom. The van der Waals surface area contributed by atoms with Crippen LogP contribution in [0.2, 0.25) is 0 Å². The molecule has 3 rings (SSSR count). The number of carbonyl (C=O) groups is 1. The number of carbonyl (C=O) groups excluding carboxylic acids is 1. The number of nitrogen functional groups attached to an aromatic ring is 1. The summed E-state index contributed by atoms with van der Waals surface area (Å²) in [6, 6.07) is 7.56. The molecule has 0 fully saturated rings. The normalized spacial score (nSPS) is 11.3. The van der Waals surface area contributed by atoms with Crippen LogP contribution >= 0.6 is 0 Å². The van der Waals surface area contributed by atoms with E-state index in [4.69, 9.17) is 15.2 Å². The fourth-order valence-corrected chi connectivity index (χ4v) is 2.89. The topological polar surface area (TPSA) is 92.3 Å². The minimum atomic E-state index is -0.448. The Bertz CT molecular complexity index is 920. The summed E-state index contributed by atoms with van der Waals surface area (Å²) in [5, 5.41) is 0. The van der Waals surface area contributed by atoms with Crippen molar-refractivity contribution in [2.45, 2.75) is 32.7 Å². The molecule has 0 aliphatic heterocycles. The summed E-state index contributed by atoms with van der Waals surface area (Å²) in [5.41, 5.74) is 9.17. The molecule has 0 unspecified atom stereocenters. The third-order valence-corrected chi connectivity index (χ3v) is 4.26. The van der Waals surface area contributed by atoms with E-state index in [0.717, 1.165) is 30.3 Å². The standard InChI is InChI=1S/C19H24N4O3/c1-3-4-12-26-19(24)15-16-18(23(17(15)20)10-7-11-25-2)22-14-9-6-5-8-13(14)21-16/h5-6,8-9H,3-4,7,10-12,20H2,1-2H3. The highest BCUT2D eigenvalue weighted by molar-refractivity contribution is 6.08. The molecule has 0 aliphatic rings. The number of benzene rings is 1. The molecular weight excluding hydrogens is 332 g/mol. The quantitative estimate of drug-likeness (QED) is 0.492. The van der Waals surface area contributed by atoms with Crippen LogP contribution in [0.15, 0.2) is 24.3 Å². The number of rotatable bonds is 8. The van der Waals surface area contributed by atoms with Crippen molar-refractivity contribution in [3.05, 3.63) is 29.8 Å². The molecule has 0 aliphatic carbocycles. The van der Waals surface area contributed by atoms with Gasteiger partial charge in [0.1, 0.15) is 16.9 Å². The molecule has 2 heterocycles. The van der Waals surface area contributed by atoms with Gasteiger partial charge >= 0.3 is 5.97 Å². The zero-order valence-electron chi connectivity index (χ0n) is 15.2. The number of fused-ring (bicyclic) bond motifs is 2. The fraction of sp³-hybridized carbons (Fsp3) is 0.421. The number of para-hydroxylation sites is 2. The molecule has 1 aromatic carbocycles. The van der Waals surface area contributed by atoms with Gasteiger partial charge in [-0.2, -0.15) is 0 Å². The molecule has 0 saturated carbocycles. The first-order valence-corrected chi connectivity index (χ1v) is 8.87. The number of methoxy groups -OCH3 is 1. The van der Waals surface area contributed by atoms with Crippen LogP contribution < -0.4 is 5.73 Å². The van der Waals surface area contributed by atoms with Crippen LogP contribution in [-0.2, 0) is 16.0 Å². The second-order valence-corrected chi connectivity index (χ2v) is 6.13. The minimum absolute atomic E-state index is 0.298. The van der Waals surface area contributed by atoms with E-state index in [2.05, 4.69) is 9.97 Å². The molecule has 2 aromatic heterocycles. The Hall–Kier alpha value is -2.67. The van der Waals surface area contributed by atoms with Gasteiger partial charge in [-0.1, -0.05) is 25.5 Å². The lowest BCUT2D eigenvalue weighted by Crippen LogP contribution is -2.11. The lowest BCUT2D eigenvalue weighted by atomic mass is 10.2. The Morgan fingerprint density at radius 1 is 1.15 bits per heavy atom. The second kappa shape index (κ2) is 8.14. The molecule has 0 atom stereocenters. The molecule has 3 aromatic rings. The molecule has 7 heteroatoms. The molecule has 0 amide bonds. The number of unbranched alkanes of at least 4 members (excludes halogenated alkanes) is 1. The monoisotopic (exact) mass is 356 g/mol. The van der Waals surface area contributed by atoms with Crippen molar-refractivity contribution in [1.82, 2.24) is 14.5 Å². The molecule has 0 radical (unpaired) electrons. The number of nitrogens with zero attached hydrogens (tertiary/aromatic N) is 3. The number of aromatic nitrogens is 3. The maximum Gasteiger partial charge on any atom is 0.344 e. The van der Waals surface area contributed by atoms with Crippen LogP contribution in [0.1, 0.15) is 36.5 Å². The van der Waals surface area contributed by atoms with E-state index >= 15 is 0 Å². The molecule has 138 valence electrons. The highest BCUT2D eigenvalue weighted by atomic mass is 16.5. The van der Waals surface area contributed by atoms with Crippen LogP contribution in [-0.4, -0.2) is 40.8 Å². The second-order valence-electron chi connectivity index (χ2n) is 6.13. The first-order chi connectivity index (χ1) is 12.7. The number of hydrogen-bond acceptors (Lipinski definition) is 6. The molecule has 0 saturated heterocycles. The van der Waals surface area contributed by atoms with Gasteiger partial charge in [-0.25, -0.2) is 14.8 Å². The Balaban J connectivity index is 2.10. The van der Waals surface area contributed by atoms with Gasteiger partial charge in [-0.05, 0) is 25.0 Å². The smallest absolute Gasteiger partial charge is 0.344 e. The predicted octanol–water partition coefficient (Wildman–Crippen LogP) is 3.16. The molecule has 0 spiro atoms. The molecule has 7 nitrogen and oxygen atoms in total. The van der Waals surface area contributed by atoms with E-state index in [0.29, 0.717) is 42.3 Å². The van der Waals surface area contributed by atoms with Crippen molar-refractivity contribution >= 4 is 34.0 Å². The number of nitrogens with two attached hydrogens (primary N) is 1. The van der Waals surface area contributed by atoms with Crippen molar-refractivity contribution in [1.29, 1.82) is 0 Å². The summed E-state index contributed by atoms with van der Waals surface area (Å²) in [7, 11) is 1.65. The lowest BCUT2D eigenvalue weighted by molar-refractivity contribution is 0.0503. The van der Waals surface area contributed by atoms with Crippen molar-refractivity contribution in [2.75, 3.05) is 26.1 Å². The van der Waals surface area contributed by atoms with Crippen molar-refractivity contribution in [3.63, 3.8) is 0 Å². The van der Waals surface area contributed by atoms with Gasteiger partial charge in [0.15, 0.2) is 5.65 Å². The van der Waals surface area contributed by atoms with Crippen molar-refractivity contribution in [2.24, 2.45) is 0 Å². The number of ether oxygens (including phenoxy) is 2. The summed E-state index contributed by atoms with van der Waals surface area (Å²) in [4.78, 5) is 22.0. The average Bonchev–Trinajstić information content (AvgIpc) is 2.91. The zero-order valence-corrected chi connectivity index (χ0v) is 15.2. The van der Waals surface area contributed by atoms with Crippen molar-refractivity contribution < 1.29 is 14.3 Å². The van der Waals surface area contributed by atoms with E-state index in [1.165, 1.54) is 0 Å². The summed E-state index contributed by atoms with van der Waals surface area (Å²) in [6.45, 7) is 3.59. The molecule has 26 heavy (non-hydrogen) atoms. The molecule has 2 N–H and O–H groups in total. The van der Waals surface area contributed by atoms with Gasteiger partial charge in [0.05, 0.1) is 17.6 Å². The number of hydrogen-bond donors (Lipinski definition) is 1. The van der Waals surface area contributed by atoms with Crippen LogP contribution in [0.5, 0.6) is 0 Å². The van der Waals surface area contributed by atoms with E-state index in [1.54, 1.807) is 7.11 Å². The highest BCUT2D eigenvalue weighted by Gasteiger charge is 2.24. The van der Waals surface area contributed by atoms with Gasteiger partial charge in [0.25, 0.3) is 0 Å². The SMILES string of the molecule is CCCCOC(=O)c1c(N)n(CCCOC)c2nc3ccccc3nc12. The maximum atomic E-state index is 12.6. The molecule has 0 bridgehead atoms. The van der Waals surface area contributed by atoms with Crippen LogP contribution in [0, 0.1) is 0 Å². The van der Waals surface area contributed by atoms with E-state index in [-0.39, 0.29) is 0 Å². The Morgan fingerprint density at radius 2 is 1.88 bits per heavy atom. The van der Waals surface area contributed by atoms with E-state index in [9.17, 15) is 4.79 Å². The Labute approximate surface area is 152 Å². The maximum absolute atomic E-state index is 12.6. The Kier molecular flexibility index (Phi) is 5.68. The summed E-state index contributed by atoms with van der Waals surface area (Å²) in [6.07, 6.45) is 2.52. The van der Waals surface area contributed by atoms with Crippen LogP contribution in [0.25, 0.3) is 22.2 Å². The summed E-state index contributed by atoms with van der Waals surface area (Å²) in [5.74, 6) is -0.107. The van der Waals surface area contributed by atoms with Crippen LogP contribution in [0.3, 0.4) is 0 Å². The minimum Gasteiger partial charge on any atom is -0.462 e. The molecular formula is C19H24N4O3. The average molecular weight is 356 g/mol. The van der Waals surface area contributed by atoms with E-state index < -0.39 is 5.97 Å². The summed E-state index contributed by atoms with van der Waals surface area (Å²) < 4.78 is 12.3. The van der Waals surface area contributed by atoms with Gasteiger partial charge in [0, 0.05) is 20.3 Å². The fourth-order valence-electron chi connectivity index (χ4n) is 2.89. The van der Waals surface area contributed by atoms with Gasteiger partial charge in [-0.15, -0.1) is 0 Å². The highest BCUT2D eigenvalue weighted by Crippen LogP contribution is 2.28.